The Labute approximate surface area is 111 Å². The molecule has 0 N–H and O–H groups in total. The van der Waals surface area contributed by atoms with Crippen molar-refractivity contribution in [2.75, 3.05) is 19.7 Å². The fourth-order valence-corrected chi connectivity index (χ4v) is 3.40. The van der Waals surface area contributed by atoms with Crippen LogP contribution in [-0.2, 0) is 24.3 Å². The summed E-state index contributed by atoms with van der Waals surface area (Å²) in [5.41, 5.74) is 4.36. The van der Waals surface area contributed by atoms with E-state index in [1.54, 1.807) is 0 Å². The Morgan fingerprint density at radius 3 is 2.88 bits per heavy atom. The summed E-state index contributed by atoms with van der Waals surface area (Å²) < 4.78 is 6.82. The van der Waals surface area contributed by atoms with Crippen LogP contribution in [-0.4, -0.2) is 24.6 Å². The molecule has 92 valence electrons. The van der Waals surface area contributed by atoms with E-state index in [0.717, 1.165) is 26.2 Å². The molecule has 3 rings (SSSR count). The minimum Gasteiger partial charge on any atom is -0.376 e. The third-order valence-electron chi connectivity index (χ3n) is 3.75. The van der Waals surface area contributed by atoms with Crippen LogP contribution in [0.5, 0.6) is 0 Å². The minimum atomic E-state index is 0.797. The molecule has 0 atom stereocenters. The van der Waals surface area contributed by atoms with Gasteiger partial charge in [0.15, 0.2) is 0 Å². The fraction of sp³-hybridized carbons (Fsp3) is 0.571. The van der Waals surface area contributed by atoms with E-state index >= 15 is 0 Å². The molecule has 1 aromatic rings. The number of nitrogens with zero attached hydrogens (tertiary/aromatic N) is 1. The molecule has 0 radical (unpaired) electrons. The lowest BCUT2D eigenvalue weighted by atomic mass is 9.97. The average molecular weight is 296 g/mol. The topological polar surface area (TPSA) is 12.5 Å². The molecule has 2 aliphatic rings. The molecule has 0 bridgehead atoms. The van der Waals surface area contributed by atoms with E-state index in [0.29, 0.717) is 0 Å². The van der Waals surface area contributed by atoms with Crippen molar-refractivity contribution in [2.45, 2.75) is 32.4 Å². The summed E-state index contributed by atoms with van der Waals surface area (Å²) in [6.07, 6.45) is 3.77. The third-order valence-corrected chi connectivity index (χ3v) is 4.21. The van der Waals surface area contributed by atoms with Gasteiger partial charge in [-0.3, -0.25) is 4.90 Å². The zero-order chi connectivity index (χ0) is 11.7. The molecule has 0 saturated carbocycles. The number of rotatable bonds is 2. The number of ether oxygens (including phenoxy) is 1. The molecule has 0 unspecified atom stereocenters. The number of likely N-dealkylation sites (tertiary alicyclic amines) is 1. The maximum Gasteiger partial charge on any atom is 0.0722 e. The van der Waals surface area contributed by atoms with Crippen molar-refractivity contribution in [1.29, 1.82) is 0 Å². The SMILES string of the molecule is Brc1cc2c(c(CN3CCCC3)c1)COCC2. The second-order valence-electron chi connectivity index (χ2n) is 4.99. The highest BCUT2D eigenvalue weighted by atomic mass is 79.9. The maximum absolute atomic E-state index is 5.61. The van der Waals surface area contributed by atoms with Crippen LogP contribution in [0.4, 0.5) is 0 Å². The number of benzene rings is 1. The molecule has 2 nitrogen and oxygen atoms in total. The molecule has 0 aromatic heterocycles. The van der Waals surface area contributed by atoms with E-state index in [2.05, 4.69) is 33.0 Å². The van der Waals surface area contributed by atoms with Crippen LogP contribution in [0.3, 0.4) is 0 Å². The minimum absolute atomic E-state index is 0.797. The van der Waals surface area contributed by atoms with E-state index in [1.165, 1.54) is 47.1 Å². The number of hydrogen-bond acceptors (Lipinski definition) is 2. The Hall–Kier alpha value is -0.380. The highest BCUT2D eigenvalue weighted by Crippen LogP contribution is 2.27. The van der Waals surface area contributed by atoms with Gasteiger partial charge >= 0.3 is 0 Å². The van der Waals surface area contributed by atoms with Crippen LogP contribution in [0.2, 0.25) is 0 Å². The normalized spacial score (nSPS) is 20.5. The standard InChI is InChI=1S/C14H18BrNO/c15-13-7-11-3-6-17-10-14(11)12(8-13)9-16-4-1-2-5-16/h7-8H,1-6,9-10H2. The molecule has 17 heavy (non-hydrogen) atoms. The second-order valence-corrected chi connectivity index (χ2v) is 5.90. The molecular weight excluding hydrogens is 278 g/mol. The largest absolute Gasteiger partial charge is 0.376 e. The summed E-state index contributed by atoms with van der Waals surface area (Å²) in [7, 11) is 0. The lowest BCUT2D eigenvalue weighted by Gasteiger charge is -2.23. The van der Waals surface area contributed by atoms with Gasteiger partial charge in [0.25, 0.3) is 0 Å². The van der Waals surface area contributed by atoms with Gasteiger partial charge in [0, 0.05) is 11.0 Å². The van der Waals surface area contributed by atoms with Gasteiger partial charge in [-0.2, -0.15) is 0 Å². The van der Waals surface area contributed by atoms with Gasteiger partial charge in [-0.1, -0.05) is 15.9 Å². The summed E-state index contributed by atoms with van der Waals surface area (Å²) in [5, 5.41) is 0. The molecular formula is C14H18BrNO. The number of fused-ring (bicyclic) bond motifs is 1. The Bertz CT molecular complexity index is 413. The van der Waals surface area contributed by atoms with Crippen LogP contribution in [0.25, 0.3) is 0 Å². The Kier molecular flexibility index (Phi) is 3.50. The summed E-state index contributed by atoms with van der Waals surface area (Å²) in [5.74, 6) is 0. The average Bonchev–Trinajstić information content (AvgIpc) is 2.81. The molecule has 0 aliphatic carbocycles. The second kappa shape index (κ2) is 5.09. The van der Waals surface area contributed by atoms with E-state index in [-0.39, 0.29) is 0 Å². The summed E-state index contributed by atoms with van der Waals surface area (Å²) >= 11 is 3.63. The quantitative estimate of drug-likeness (QED) is 0.831. The highest BCUT2D eigenvalue weighted by molar-refractivity contribution is 9.10. The van der Waals surface area contributed by atoms with Gasteiger partial charge in [0.1, 0.15) is 0 Å². The predicted octanol–water partition coefficient (Wildman–Crippen LogP) is 3.12. The van der Waals surface area contributed by atoms with Crippen LogP contribution in [0.1, 0.15) is 29.5 Å². The third kappa shape index (κ3) is 2.56. The Balaban J connectivity index is 1.88. The van der Waals surface area contributed by atoms with Crippen molar-refractivity contribution in [3.63, 3.8) is 0 Å². The van der Waals surface area contributed by atoms with Crippen LogP contribution >= 0.6 is 15.9 Å². The summed E-state index contributed by atoms with van der Waals surface area (Å²) in [6.45, 7) is 5.26. The van der Waals surface area contributed by atoms with Crippen molar-refractivity contribution in [1.82, 2.24) is 4.90 Å². The predicted molar refractivity (Wildman–Crippen MR) is 72.0 cm³/mol. The van der Waals surface area contributed by atoms with E-state index in [1.807, 2.05) is 0 Å². The van der Waals surface area contributed by atoms with Gasteiger partial charge < -0.3 is 4.74 Å². The Morgan fingerprint density at radius 2 is 2.06 bits per heavy atom. The fourth-order valence-electron chi connectivity index (χ4n) is 2.84. The molecule has 1 aromatic carbocycles. The van der Waals surface area contributed by atoms with Crippen LogP contribution in [0.15, 0.2) is 16.6 Å². The lowest BCUT2D eigenvalue weighted by molar-refractivity contribution is 0.109. The van der Waals surface area contributed by atoms with Crippen molar-refractivity contribution in [3.05, 3.63) is 33.3 Å². The van der Waals surface area contributed by atoms with Crippen molar-refractivity contribution in [3.8, 4) is 0 Å². The van der Waals surface area contributed by atoms with E-state index in [4.69, 9.17) is 4.74 Å². The maximum atomic E-state index is 5.61. The molecule has 1 saturated heterocycles. The van der Waals surface area contributed by atoms with Gasteiger partial charge in [0.05, 0.1) is 13.2 Å². The lowest BCUT2D eigenvalue weighted by Crippen LogP contribution is -2.21. The van der Waals surface area contributed by atoms with Gasteiger partial charge in [0.2, 0.25) is 0 Å². The van der Waals surface area contributed by atoms with Crippen molar-refractivity contribution >= 4 is 15.9 Å². The smallest absolute Gasteiger partial charge is 0.0722 e. The Morgan fingerprint density at radius 1 is 1.24 bits per heavy atom. The van der Waals surface area contributed by atoms with E-state index < -0.39 is 0 Å². The monoisotopic (exact) mass is 295 g/mol. The van der Waals surface area contributed by atoms with Crippen LogP contribution < -0.4 is 0 Å². The number of hydrogen-bond donors (Lipinski definition) is 0. The van der Waals surface area contributed by atoms with Gasteiger partial charge in [-0.05, 0) is 61.2 Å². The first-order valence-electron chi connectivity index (χ1n) is 6.43. The molecule has 3 heteroatoms. The zero-order valence-electron chi connectivity index (χ0n) is 10.0. The van der Waals surface area contributed by atoms with Gasteiger partial charge in [-0.25, -0.2) is 0 Å². The highest BCUT2D eigenvalue weighted by Gasteiger charge is 2.18. The first-order valence-corrected chi connectivity index (χ1v) is 7.22. The summed E-state index contributed by atoms with van der Waals surface area (Å²) in [6, 6.07) is 4.52. The zero-order valence-corrected chi connectivity index (χ0v) is 11.6. The van der Waals surface area contributed by atoms with E-state index in [9.17, 15) is 0 Å². The first-order chi connectivity index (χ1) is 8.33. The molecule has 2 aliphatic heterocycles. The molecule has 0 spiro atoms. The first kappa shape index (κ1) is 11.7. The van der Waals surface area contributed by atoms with Crippen LogP contribution in [0, 0.1) is 0 Å². The summed E-state index contributed by atoms with van der Waals surface area (Å²) in [4.78, 5) is 2.55. The van der Waals surface area contributed by atoms with Crippen molar-refractivity contribution in [2.24, 2.45) is 0 Å². The number of halogens is 1. The van der Waals surface area contributed by atoms with Gasteiger partial charge in [-0.15, -0.1) is 0 Å². The molecule has 1 fully saturated rings. The molecule has 0 amide bonds. The molecule has 2 heterocycles. The van der Waals surface area contributed by atoms with Crippen molar-refractivity contribution < 1.29 is 4.74 Å².